The highest BCUT2D eigenvalue weighted by Gasteiger charge is 2.29. The van der Waals surface area contributed by atoms with Gasteiger partial charge in [0.25, 0.3) is 0 Å². The Morgan fingerprint density at radius 3 is 2.45 bits per heavy atom. The number of aromatic carboxylic acids is 1. The number of nitrogens with one attached hydrogen (secondary N) is 3. The number of carbonyl (C=O) groups excluding carboxylic acids is 2. The summed E-state index contributed by atoms with van der Waals surface area (Å²) in [5, 5.41) is 16.3. The second-order valence-corrected chi connectivity index (χ2v) is 10.2. The van der Waals surface area contributed by atoms with E-state index in [0.29, 0.717) is 18.6 Å². The molecule has 40 heavy (non-hydrogen) atoms. The van der Waals surface area contributed by atoms with Gasteiger partial charge in [0.2, 0.25) is 17.7 Å². The molecule has 0 bridgehead atoms. The fourth-order valence-electron chi connectivity index (χ4n) is 4.63. The van der Waals surface area contributed by atoms with Crippen molar-refractivity contribution in [3.05, 3.63) is 83.2 Å². The first kappa shape index (κ1) is 28.4. The zero-order chi connectivity index (χ0) is 28.8. The molecule has 0 radical (unpaired) electrons. The van der Waals surface area contributed by atoms with E-state index in [4.69, 9.17) is 9.15 Å². The van der Waals surface area contributed by atoms with Crippen LogP contribution >= 0.6 is 0 Å². The summed E-state index contributed by atoms with van der Waals surface area (Å²) in [7, 11) is 1.57. The predicted octanol–water partition coefficient (Wildman–Crippen LogP) is 4.34. The van der Waals surface area contributed by atoms with Gasteiger partial charge < -0.3 is 29.9 Å². The third kappa shape index (κ3) is 6.88. The first-order valence-electron chi connectivity index (χ1n) is 13.1. The molecule has 2 aromatic carbocycles. The molecule has 0 saturated heterocycles. The van der Waals surface area contributed by atoms with Crippen molar-refractivity contribution in [1.29, 1.82) is 0 Å². The summed E-state index contributed by atoms with van der Waals surface area (Å²) in [5.41, 5.74) is 2.41. The number of carbonyl (C=O) groups is 3. The zero-order valence-electron chi connectivity index (χ0n) is 23.0. The Labute approximate surface area is 232 Å². The van der Waals surface area contributed by atoms with Crippen LogP contribution in [0.15, 0.2) is 59.1 Å². The monoisotopic (exact) mass is 546 g/mol. The van der Waals surface area contributed by atoms with Crippen molar-refractivity contribution < 1.29 is 28.6 Å². The molecule has 0 aliphatic rings. The molecule has 0 aliphatic heterocycles. The average Bonchev–Trinajstić information content (AvgIpc) is 3.51. The van der Waals surface area contributed by atoms with Crippen molar-refractivity contribution in [2.75, 3.05) is 7.11 Å². The number of amides is 2. The molecule has 0 spiro atoms. The highest BCUT2D eigenvalue weighted by atomic mass is 16.5. The molecule has 4 rings (SSSR count). The number of hydrogen-bond acceptors (Lipinski definition) is 6. The maximum Gasteiger partial charge on any atom is 0.358 e. The first-order valence-corrected chi connectivity index (χ1v) is 13.1. The number of nitrogens with zero attached hydrogens (tertiary/aromatic N) is 1. The number of rotatable bonds is 12. The standard InChI is InChI=1S/C30H34N4O6/c1-17(2)13-24(32-26(35)14-19-9-11-21(39-4)12-10-19)28(36)33-25(29-34-27(30(37)38)18(3)40-29)15-20-16-31-23-8-6-5-7-22(20)23/h5-12,16-17,24-25,31H,13-15H2,1-4H3,(H,32,35)(H,33,36)(H,37,38)/t24-,25+/m0/s1. The number of aromatic nitrogens is 2. The Morgan fingerprint density at radius 2 is 1.80 bits per heavy atom. The summed E-state index contributed by atoms with van der Waals surface area (Å²) < 4.78 is 10.9. The number of hydrogen-bond donors (Lipinski definition) is 4. The van der Waals surface area contributed by atoms with E-state index in [9.17, 15) is 19.5 Å². The molecule has 2 amide bonds. The topological polar surface area (TPSA) is 147 Å². The van der Waals surface area contributed by atoms with Crippen molar-refractivity contribution in [1.82, 2.24) is 20.6 Å². The van der Waals surface area contributed by atoms with Crippen LogP contribution in [0.25, 0.3) is 10.9 Å². The molecule has 210 valence electrons. The van der Waals surface area contributed by atoms with E-state index in [2.05, 4.69) is 20.6 Å². The molecule has 0 fully saturated rings. The molecule has 2 heterocycles. The average molecular weight is 547 g/mol. The minimum atomic E-state index is -1.21. The molecular formula is C30H34N4O6. The summed E-state index contributed by atoms with van der Waals surface area (Å²) in [6, 6.07) is 13.3. The second-order valence-electron chi connectivity index (χ2n) is 10.2. The van der Waals surface area contributed by atoms with Crippen LogP contribution in [0.1, 0.15) is 59.6 Å². The smallest absolute Gasteiger partial charge is 0.358 e. The summed E-state index contributed by atoms with van der Waals surface area (Å²) in [5.74, 6) is -0.877. The second kappa shape index (κ2) is 12.5. The summed E-state index contributed by atoms with van der Waals surface area (Å²) >= 11 is 0. The van der Waals surface area contributed by atoms with Crippen LogP contribution in [0.5, 0.6) is 5.75 Å². The quantitative estimate of drug-likeness (QED) is 0.207. The molecule has 10 nitrogen and oxygen atoms in total. The maximum absolute atomic E-state index is 13.6. The van der Waals surface area contributed by atoms with Gasteiger partial charge in [0.05, 0.1) is 13.5 Å². The van der Waals surface area contributed by atoms with Crippen LogP contribution in [0.2, 0.25) is 0 Å². The third-order valence-electron chi connectivity index (χ3n) is 6.61. The number of H-pyrrole nitrogens is 1. The van der Waals surface area contributed by atoms with Crippen LogP contribution in [0.4, 0.5) is 0 Å². The number of benzene rings is 2. The van der Waals surface area contributed by atoms with Crippen LogP contribution in [0.3, 0.4) is 0 Å². The number of oxazole rings is 1. The van der Waals surface area contributed by atoms with Gasteiger partial charge in [-0.3, -0.25) is 9.59 Å². The summed E-state index contributed by atoms with van der Waals surface area (Å²) in [4.78, 5) is 45.6. The number of aromatic amines is 1. The van der Waals surface area contributed by atoms with Crippen LogP contribution in [-0.4, -0.2) is 46.0 Å². The Bertz CT molecular complexity index is 1490. The van der Waals surface area contributed by atoms with Crippen molar-refractivity contribution >= 4 is 28.7 Å². The van der Waals surface area contributed by atoms with Crippen molar-refractivity contribution in [2.45, 2.75) is 52.1 Å². The minimum absolute atomic E-state index is 0.0846. The predicted molar refractivity (Wildman–Crippen MR) is 149 cm³/mol. The van der Waals surface area contributed by atoms with E-state index < -0.39 is 24.0 Å². The van der Waals surface area contributed by atoms with Gasteiger partial charge in [-0.1, -0.05) is 44.2 Å². The number of carboxylic acid groups (broad SMARTS) is 1. The van der Waals surface area contributed by atoms with Crippen molar-refractivity contribution in [2.24, 2.45) is 5.92 Å². The number of aryl methyl sites for hydroxylation is 1. The van der Waals surface area contributed by atoms with Crippen molar-refractivity contribution in [3.8, 4) is 5.75 Å². The third-order valence-corrected chi connectivity index (χ3v) is 6.61. The molecular weight excluding hydrogens is 512 g/mol. The zero-order valence-corrected chi connectivity index (χ0v) is 23.0. The van der Waals surface area contributed by atoms with E-state index in [-0.39, 0.29) is 35.6 Å². The van der Waals surface area contributed by atoms with Gasteiger partial charge in [-0.2, -0.15) is 0 Å². The van der Waals surface area contributed by atoms with Gasteiger partial charge in [0.1, 0.15) is 23.6 Å². The Hall–Kier alpha value is -4.60. The lowest BCUT2D eigenvalue weighted by molar-refractivity contribution is -0.129. The van der Waals surface area contributed by atoms with E-state index in [1.54, 1.807) is 31.4 Å². The lowest BCUT2D eigenvalue weighted by Crippen LogP contribution is -2.49. The van der Waals surface area contributed by atoms with Gasteiger partial charge in [0, 0.05) is 23.5 Å². The van der Waals surface area contributed by atoms with E-state index in [0.717, 1.165) is 22.0 Å². The lowest BCUT2D eigenvalue weighted by Gasteiger charge is -2.23. The SMILES string of the molecule is COc1ccc(CC(=O)N[C@@H](CC(C)C)C(=O)N[C@H](Cc2c[nH]c3ccccc23)c2nc(C(=O)O)c(C)o2)cc1. The van der Waals surface area contributed by atoms with E-state index in [1.165, 1.54) is 6.92 Å². The number of fused-ring (bicyclic) bond motifs is 1. The Balaban J connectivity index is 1.56. The normalized spacial score (nSPS) is 12.7. The number of para-hydroxylation sites is 1. The molecule has 2 atom stereocenters. The number of methoxy groups -OCH3 is 1. The van der Waals surface area contributed by atoms with E-state index >= 15 is 0 Å². The summed E-state index contributed by atoms with van der Waals surface area (Å²) in [6.45, 7) is 5.46. The summed E-state index contributed by atoms with van der Waals surface area (Å²) in [6.07, 6.45) is 2.65. The van der Waals surface area contributed by atoms with Crippen molar-refractivity contribution in [3.63, 3.8) is 0 Å². The highest BCUT2D eigenvalue weighted by Crippen LogP contribution is 2.26. The van der Waals surface area contributed by atoms with E-state index in [1.807, 2.05) is 44.3 Å². The number of carboxylic acids is 1. The maximum atomic E-state index is 13.6. The molecule has 4 aromatic rings. The van der Waals surface area contributed by atoms with Gasteiger partial charge in [0.15, 0.2) is 5.69 Å². The Morgan fingerprint density at radius 1 is 1.07 bits per heavy atom. The van der Waals surface area contributed by atoms with Gasteiger partial charge in [-0.25, -0.2) is 9.78 Å². The minimum Gasteiger partial charge on any atom is -0.497 e. The Kier molecular flexibility index (Phi) is 8.88. The molecule has 0 saturated carbocycles. The fourth-order valence-corrected chi connectivity index (χ4v) is 4.63. The number of ether oxygens (including phenoxy) is 1. The van der Waals surface area contributed by atoms with Crippen LogP contribution in [-0.2, 0) is 22.4 Å². The van der Waals surface area contributed by atoms with Gasteiger partial charge in [-0.05, 0) is 48.6 Å². The fraction of sp³-hybridized carbons (Fsp3) is 0.333. The largest absolute Gasteiger partial charge is 0.497 e. The highest BCUT2D eigenvalue weighted by molar-refractivity contribution is 5.89. The molecule has 0 aliphatic carbocycles. The molecule has 10 heteroatoms. The molecule has 4 N–H and O–H groups in total. The molecule has 2 aromatic heterocycles. The van der Waals surface area contributed by atoms with Crippen LogP contribution < -0.4 is 15.4 Å². The molecule has 0 unspecified atom stereocenters. The van der Waals surface area contributed by atoms with Crippen LogP contribution in [0, 0.1) is 12.8 Å². The van der Waals surface area contributed by atoms with Gasteiger partial charge in [-0.15, -0.1) is 0 Å². The first-order chi connectivity index (χ1) is 19.1. The lowest BCUT2D eigenvalue weighted by atomic mass is 10.0. The van der Waals surface area contributed by atoms with Gasteiger partial charge >= 0.3 is 5.97 Å².